The molecule has 6 aromatic carbocycles. The van der Waals surface area contributed by atoms with Crippen LogP contribution in [0.25, 0.3) is 11.1 Å². The highest BCUT2D eigenvalue weighted by molar-refractivity contribution is 5.81. The van der Waals surface area contributed by atoms with E-state index in [2.05, 4.69) is 183 Å². The quantitative estimate of drug-likeness (QED) is 0.197. The molecule has 0 heterocycles. The van der Waals surface area contributed by atoms with Crippen LogP contribution < -0.4 is 9.80 Å². The van der Waals surface area contributed by atoms with E-state index in [1.54, 1.807) is 0 Å². The van der Waals surface area contributed by atoms with Crippen LogP contribution in [0.3, 0.4) is 0 Å². The molecule has 0 fully saturated rings. The van der Waals surface area contributed by atoms with E-state index in [1.807, 2.05) is 0 Å². The van der Waals surface area contributed by atoms with Crippen molar-refractivity contribution >= 4 is 34.1 Å². The van der Waals surface area contributed by atoms with Crippen molar-refractivity contribution < 1.29 is 0 Å². The average Bonchev–Trinajstić information content (AvgIpc) is 3.01. The van der Waals surface area contributed by atoms with Gasteiger partial charge in [0.25, 0.3) is 0 Å². The Balaban J connectivity index is 1.32. The van der Waals surface area contributed by atoms with Gasteiger partial charge in [-0.05, 0) is 117 Å². The molecule has 0 N–H and O–H groups in total. The summed E-state index contributed by atoms with van der Waals surface area (Å²) >= 11 is 0. The Labute approximate surface area is 250 Å². The van der Waals surface area contributed by atoms with E-state index in [0.717, 1.165) is 34.1 Å². The van der Waals surface area contributed by atoms with Gasteiger partial charge in [0.15, 0.2) is 0 Å². The van der Waals surface area contributed by atoms with Crippen molar-refractivity contribution in [3.63, 3.8) is 0 Å². The van der Waals surface area contributed by atoms with E-state index in [1.165, 1.54) is 33.4 Å². The first-order valence-electron chi connectivity index (χ1n) is 14.5. The summed E-state index contributed by atoms with van der Waals surface area (Å²) in [6.45, 7) is 8.52. The fraction of sp³-hybridized carbons (Fsp3) is 0.100. The number of aryl methyl sites for hydroxylation is 4. The van der Waals surface area contributed by atoms with Gasteiger partial charge in [-0.15, -0.1) is 0 Å². The number of hydrogen-bond acceptors (Lipinski definition) is 2. The lowest BCUT2D eigenvalue weighted by atomic mass is 10.0. The Morgan fingerprint density at radius 2 is 0.595 bits per heavy atom. The minimum atomic E-state index is 1.13. The van der Waals surface area contributed by atoms with Gasteiger partial charge in [-0.1, -0.05) is 89.5 Å². The molecule has 0 radical (unpaired) electrons. The molecular formula is C40H36N2. The lowest BCUT2D eigenvalue weighted by Gasteiger charge is -2.26. The van der Waals surface area contributed by atoms with Gasteiger partial charge in [-0.3, -0.25) is 0 Å². The van der Waals surface area contributed by atoms with Crippen LogP contribution in [-0.2, 0) is 0 Å². The normalized spacial score (nSPS) is 10.9. The lowest BCUT2D eigenvalue weighted by Crippen LogP contribution is -2.10. The summed E-state index contributed by atoms with van der Waals surface area (Å²) < 4.78 is 0. The van der Waals surface area contributed by atoms with Crippen LogP contribution in [0, 0.1) is 27.7 Å². The summed E-state index contributed by atoms with van der Waals surface area (Å²) in [6, 6.07) is 52.6. The van der Waals surface area contributed by atoms with E-state index < -0.39 is 0 Å². The summed E-state index contributed by atoms with van der Waals surface area (Å²) in [5.41, 5.74) is 14.3. The first-order chi connectivity index (χ1) is 20.4. The molecule has 0 amide bonds. The Hall–Kier alpha value is -5.08. The predicted octanol–water partition coefficient (Wildman–Crippen LogP) is 11.5. The topological polar surface area (TPSA) is 6.48 Å². The van der Waals surface area contributed by atoms with E-state index in [4.69, 9.17) is 0 Å². The third-order valence-electron chi connectivity index (χ3n) is 7.72. The molecule has 0 spiro atoms. The highest BCUT2D eigenvalue weighted by Gasteiger charge is 2.15. The van der Waals surface area contributed by atoms with Gasteiger partial charge in [-0.2, -0.15) is 0 Å². The van der Waals surface area contributed by atoms with Gasteiger partial charge in [-0.25, -0.2) is 0 Å². The molecule has 6 aromatic rings. The molecular weight excluding hydrogens is 508 g/mol. The summed E-state index contributed by atoms with van der Waals surface area (Å²) in [7, 11) is 0. The third-order valence-corrected chi connectivity index (χ3v) is 7.72. The minimum Gasteiger partial charge on any atom is -0.311 e. The Kier molecular flexibility index (Phi) is 7.62. The molecule has 0 aliphatic rings. The average molecular weight is 545 g/mol. The second-order valence-corrected chi connectivity index (χ2v) is 11.1. The van der Waals surface area contributed by atoms with Crippen LogP contribution in [0.15, 0.2) is 146 Å². The third kappa shape index (κ3) is 5.84. The van der Waals surface area contributed by atoms with E-state index in [9.17, 15) is 0 Å². The van der Waals surface area contributed by atoms with Crippen molar-refractivity contribution in [1.29, 1.82) is 0 Å². The largest absolute Gasteiger partial charge is 0.311 e. The second-order valence-electron chi connectivity index (χ2n) is 11.1. The smallest absolute Gasteiger partial charge is 0.0464 e. The molecule has 0 unspecified atom stereocenters. The Morgan fingerprint density at radius 3 is 0.929 bits per heavy atom. The van der Waals surface area contributed by atoms with E-state index in [0.29, 0.717) is 0 Å². The van der Waals surface area contributed by atoms with Crippen molar-refractivity contribution in [1.82, 2.24) is 0 Å². The summed E-state index contributed by atoms with van der Waals surface area (Å²) in [5, 5.41) is 0. The molecule has 0 aliphatic heterocycles. The second kappa shape index (κ2) is 11.8. The van der Waals surface area contributed by atoms with Crippen LogP contribution in [0.1, 0.15) is 22.3 Å². The zero-order chi connectivity index (χ0) is 29.1. The van der Waals surface area contributed by atoms with Gasteiger partial charge in [0.05, 0.1) is 0 Å². The maximum absolute atomic E-state index is 2.32. The molecule has 206 valence electrons. The van der Waals surface area contributed by atoms with E-state index >= 15 is 0 Å². The van der Waals surface area contributed by atoms with Gasteiger partial charge < -0.3 is 9.80 Å². The number of hydrogen-bond donors (Lipinski definition) is 0. The van der Waals surface area contributed by atoms with Crippen molar-refractivity contribution in [3.05, 3.63) is 168 Å². The molecule has 0 atom stereocenters. The van der Waals surface area contributed by atoms with Gasteiger partial charge in [0.2, 0.25) is 0 Å². The molecule has 42 heavy (non-hydrogen) atoms. The van der Waals surface area contributed by atoms with Gasteiger partial charge in [0.1, 0.15) is 0 Å². The number of anilines is 6. The fourth-order valence-electron chi connectivity index (χ4n) is 5.35. The SMILES string of the molecule is Cc1ccc(N(c2ccc(C)cc2)c2ccc(-c3ccc(N(c4ccc(C)cc4)c4cccc(C)c4)cc3)cc2)cc1. The number of nitrogens with zero attached hydrogens (tertiary/aromatic N) is 2. The van der Waals surface area contributed by atoms with Crippen LogP contribution in [-0.4, -0.2) is 0 Å². The standard InChI is InChI=1S/C40H36N2/c1-29-8-18-35(19-9-29)41(36-20-10-30(2)11-21-36)38-24-14-33(15-25-38)34-16-26-39(27-17-34)42(37-22-12-31(3)13-23-37)40-7-5-6-32(4)28-40/h5-28H,1-4H3. The molecule has 6 rings (SSSR count). The predicted molar refractivity (Wildman–Crippen MR) is 180 cm³/mol. The fourth-order valence-corrected chi connectivity index (χ4v) is 5.35. The summed E-state index contributed by atoms with van der Waals surface area (Å²) in [6.07, 6.45) is 0. The Morgan fingerprint density at radius 1 is 0.286 bits per heavy atom. The minimum absolute atomic E-state index is 1.13. The maximum Gasteiger partial charge on any atom is 0.0464 e. The molecule has 0 aliphatic carbocycles. The zero-order valence-electron chi connectivity index (χ0n) is 24.8. The first kappa shape index (κ1) is 27.1. The van der Waals surface area contributed by atoms with E-state index in [-0.39, 0.29) is 0 Å². The van der Waals surface area contributed by atoms with Crippen molar-refractivity contribution in [2.24, 2.45) is 0 Å². The van der Waals surface area contributed by atoms with Crippen LogP contribution >= 0.6 is 0 Å². The highest BCUT2D eigenvalue weighted by Crippen LogP contribution is 2.38. The number of benzene rings is 6. The van der Waals surface area contributed by atoms with Crippen molar-refractivity contribution in [2.75, 3.05) is 9.80 Å². The van der Waals surface area contributed by atoms with Crippen molar-refractivity contribution in [2.45, 2.75) is 27.7 Å². The Bertz CT molecular complexity index is 1720. The van der Waals surface area contributed by atoms with Crippen LogP contribution in [0.4, 0.5) is 34.1 Å². The summed E-state index contributed by atoms with van der Waals surface area (Å²) in [4.78, 5) is 4.63. The van der Waals surface area contributed by atoms with Crippen molar-refractivity contribution in [3.8, 4) is 11.1 Å². The van der Waals surface area contributed by atoms with Crippen LogP contribution in [0.5, 0.6) is 0 Å². The maximum atomic E-state index is 2.32. The van der Waals surface area contributed by atoms with Crippen LogP contribution in [0.2, 0.25) is 0 Å². The molecule has 0 aromatic heterocycles. The molecule has 0 bridgehead atoms. The first-order valence-corrected chi connectivity index (χ1v) is 14.5. The summed E-state index contributed by atoms with van der Waals surface area (Å²) in [5.74, 6) is 0. The number of rotatable bonds is 7. The highest BCUT2D eigenvalue weighted by atomic mass is 15.1. The van der Waals surface area contributed by atoms with Gasteiger partial charge in [0, 0.05) is 34.1 Å². The lowest BCUT2D eigenvalue weighted by molar-refractivity contribution is 1.26. The zero-order valence-corrected chi connectivity index (χ0v) is 24.8. The molecule has 0 saturated carbocycles. The monoisotopic (exact) mass is 544 g/mol. The molecule has 2 nitrogen and oxygen atoms in total. The molecule has 2 heteroatoms. The molecule has 0 saturated heterocycles. The van der Waals surface area contributed by atoms with Gasteiger partial charge >= 0.3 is 0 Å².